The molecule has 1 aromatic carbocycles. The molecule has 1 aliphatic heterocycles. The summed E-state index contributed by atoms with van der Waals surface area (Å²) in [7, 11) is 3.36. The standard InChI is InChI=1S/C16H26N2O3.2ClH/c1-19-15-5-4-14(16(12-15)20-2)13-17-6-3-7-18-8-10-21-11-9-18;;/h4-5,12,17H,3,6-11,13H2,1-2H3;2*1H. The molecule has 1 heterocycles. The average molecular weight is 367 g/mol. The van der Waals surface area contributed by atoms with Crippen molar-refractivity contribution < 1.29 is 14.2 Å². The third kappa shape index (κ3) is 7.59. The van der Waals surface area contributed by atoms with Gasteiger partial charge in [-0.1, -0.05) is 6.07 Å². The van der Waals surface area contributed by atoms with Crippen molar-refractivity contribution in [3.8, 4) is 11.5 Å². The van der Waals surface area contributed by atoms with Gasteiger partial charge in [0.2, 0.25) is 0 Å². The fourth-order valence-corrected chi connectivity index (χ4v) is 2.47. The van der Waals surface area contributed by atoms with Gasteiger partial charge < -0.3 is 19.5 Å². The third-order valence-electron chi connectivity index (χ3n) is 3.74. The molecule has 0 spiro atoms. The monoisotopic (exact) mass is 366 g/mol. The molecule has 0 bridgehead atoms. The summed E-state index contributed by atoms with van der Waals surface area (Å²) in [5.41, 5.74) is 1.16. The third-order valence-corrected chi connectivity index (χ3v) is 3.74. The summed E-state index contributed by atoms with van der Waals surface area (Å²) < 4.78 is 16.0. The van der Waals surface area contributed by atoms with Crippen LogP contribution < -0.4 is 14.8 Å². The second kappa shape index (κ2) is 12.7. The molecule has 0 aliphatic carbocycles. The molecule has 0 unspecified atom stereocenters. The van der Waals surface area contributed by atoms with Crippen LogP contribution in [0.1, 0.15) is 12.0 Å². The minimum absolute atomic E-state index is 0. The zero-order valence-electron chi connectivity index (χ0n) is 13.9. The molecule has 1 N–H and O–H groups in total. The van der Waals surface area contributed by atoms with E-state index in [1.807, 2.05) is 18.2 Å². The summed E-state index contributed by atoms with van der Waals surface area (Å²) in [5.74, 6) is 1.69. The van der Waals surface area contributed by atoms with Crippen molar-refractivity contribution in [2.24, 2.45) is 0 Å². The van der Waals surface area contributed by atoms with Crippen LogP contribution >= 0.6 is 24.8 Å². The Morgan fingerprint density at radius 1 is 1.13 bits per heavy atom. The lowest BCUT2D eigenvalue weighted by atomic mass is 10.2. The van der Waals surface area contributed by atoms with E-state index in [0.717, 1.165) is 69.4 Å². The highest BCUT2D eigenvalue weighted by Gasteiger charge is 2.09. The lowest BCUT2D eigenvalue weighted by molar-refractivity contribution is 0.0374. The van der Waals surface area contributed by atoms with Crippen molar-refractivity contribution in [2.45, 2.75) is 13.0 Å². The summed E-state index contributed by atoms with van der Waals surface area (Å²) in [6.45, 7) is 6.82. The number of hydrogen-bond donors (Lipinski definition) is 1. The van der Waals surface area contributed by atoms with Gasteiger partial charge >= 0.3 is 0 Å². The fraction of sp³-hybridized carbons (Fsp3) is 0.625. The Bertz CT molecular complexity index is 430. The van der Waals surface area contributed by atoms with E-state index in [1.165, 1.54) is 0 Å². The number of methoxy groups -OCH3 is 2. The Hall–Kier alpha value is -0.720. The SMILES string of the molecule is COc1ccc(CNCCCN2CCOCC2)c(OC)c1.Cl.Cl. The van der Waals surface area contributed by atoms with Gasteiger partial charge in [-0.25, -0.2) is 0 Å². The van der Waals surface area contributed by atoms with E-state index in [9.17, 15) is 0 Å². The Balaban J connectivity index is 0.00000242. The van der Waals surface area contributed by atoms with Gasteiger partial charge in [-0.3, -0.25) is 4.90 Å². The lowest BCUT2D eigenvalue weighted by Crippen LogP contribution is -2.37. The predicted molar refractivity (Wildman–Crippen MR) is 97.6 cm³/mol. The Kier molecular flexibility index (Phi) is 12.3. The summed E-state index contributed by atoms with van der Waals surface area (Å²) in [5, 5.41) is 3.47. The second-order valence-electron chi connectivity index (χ2n) is 5.16. The second-order valence-corrected chi connectivity index (χ2v) is 5.16. The number of nitrogens with zero attached hydrogens (tertiary/aromatic N) is 1. The molecule has 1 saturated heterocycles. The summed E-state index contributed by atoms with van der Waals surface area (Å²) in [4.78, 5) is 2.46. The minimum atomic E-state index is 0. The highest BCUT2D eigenvalue weighted by atomic mass is 35.5. The van der Waals surface area contributed by atoms with Gasteiger partial charge in [0.15, 0.2) is 0 Å². The van der Waals surface area contributed by atoms with Crippen LogP contribution in [-0.4, -0.2) is 58.5 Å². The molecule has 0 atom stereocenters. The van der Waals surface area contributed by atoms with Crippen molar-refractivity contribution in [1.82, 2.24) is 10.2 Å². The molecule has 0 amide bonds. The first kappa shape index (κ1) is 22.3. The topological polar surface area (TPSA) is 43.0 Å². The van der Waals surface area contributed by atoms with Crippen molar-refractivity contribution in [1.29, 1.82) is 0 Å². The number of halogens is 2. The van der Waals surface area contributed by atoms with Gasteiger partial charge in [0.1, 0.15) is 11.5 Å². The highest BCUT2D eigenvalue weighted by molar-refractivity contribution is 5.85. The number of rotatable bonds is 8. The van der Waals surface area contributed by atoms with Gasteiger partial charge in [-0.15, -0.1) is 24.8 Å². The van der Waals surface area contributed by atoms with E-state index in [2.05, 4.69) is 10.2 Å². The summed E-state index contributed by atoms with van der Waals surface area (Å²) in [6, 6.07) is 5.94. The lowest BCUT2D eigenvalue weighted by Gasteiger charge is -2.26. The molecule has 134 valence electrons. The van der Waals surface area contributed by atoms with E-state index >= 15 is 0 Å². The molecule has 1 aromatic rings. The fourth-order valence-electron chi connectivity index (χ4n) is 2.47. The van der Waals surface area contributed by atoms with E-state index in [0.29, 0.717) is 0 Å². The number of morpholine rings is 1. The molecule has 0 radical (unpaired) electrons. The van der Waals surface area contributed by atoms with Crippen molar-refractivity contribution >= 4 is 24.8 Å². The van der Waals surface area contributed by atoms with Crippen LogP contribution in [0.25, 0.3) is 0 Å². The number of hydrogen-bond acceptors (Lipinski definition) is 5. The molecule has 0 saturated carbocycles. The van der Waals surface area contributed by atoms with Gasteiger partial charge in [0.25, 0.3) is 0 Å². The van der Waals surface area contributed by atoms with E-state index in [1.54, 1.807) is 14.2 Å². The molecule has 7 heteroatoms. The molecule has 1 fully saturated rings. The van der Waals surface area contributed by atoms with Gasteiger partial charge in [-0.05, 0) is 25.6 Å². The highest BCUT2D eigenvalue weighted by Crippen LogP contribution is 2.24. The van der Waals surface area contributed by atoms with Crippen molar-refractivity contribution in [2.75, 3.05) is 53.6 Å². The van der Waals surface area contributed by atoms with Crippen LogP contribution in [0, 0.1) is 0 Å². The first-order valence-electron chi connectivity index (χ1n) is 7.55. The normalized spacial score (nSPS) is 14.5. The van der Waals surface area contributed by atoms with Crippen LogP contribution in [-0.2, 0) is 11.3 Å². The Morgan fingerprint density at radius 2 is 1.87 bits per heavy atom. The zero-order chi connectivity index (χ0) is 14.9. The number of nitrogens with one attached hydrogen (secondary N) is 1. The van der Waals surface area contributed by atoms with Crippen molar-refractivity contribution in [3.63, 3.8) is 0 Å². The van der Waals surface area contributed by atoms with E-state index in [4.69, 9.17) is 14.2 Å². The van der Waals surface area contributed by atoms with E-state index in [-0.39, 0.29) is 24.8 Å². The van der Waals surface area contributed by atoms with E-state index < -0.39 is 0 Å². The van der Waals surface area contributed by atoms with Crippen molar-refractivity contribution in [3.05, 3.63) is 23.8 Å². The quantitative estimate of drug-likeness (QED) is 0.715. The van der Waals surface area contributed by atoms with Crippen LogP contribution in [0.5, 0.6) is 11.5 Å². The molecule has 2 rings (SSSR count). The number of benzene rings is 1. The molecular weight excluding hydrogens is 339 g/mol. The molecular formula is C16H28Cl2N2O3. The Labute approximate surface area is 151 Å². The van der Waals surface area contributed by atoms with Gasteiger partial charge in [0.05, 0.1) is 27.4 Å². The average Bonchev–Trinajstić information content (AvgIpc) is 2.55. The minimum Gasteiger partial charge on any atom is -0.497 e. The molecule has 0 aromatic heterocycles. The largest absolute Gasteiger partial charge is 0.497 e. The van der Waals surface area contributed by atoms with Gasteiger partial charge in [0, 0.05) is 31.3 Å². The van der Waals surface area contributed by atoms with Crippen LogP contribution in [0.4, 0.5) is 0 Å². The maximum Gasteiger partial charge on any atom is 0.127 e. The maximum absolute atomic E-state index is 5.40. The van der Waals surface area contributed by atoms with Crippen LogP contribution in [0.3, 0.4) is 0 Å². The number of ether oxygens (including phenoxy) is 3. The zero-order valence-corrected chi connectivity index (χ0v) is 15.5. The first-order valence-corrected chi connectivity index (χ1v) is 7.55. The predicted octanol–water partition coefficient (Wildman–Crippen LogP) is 2.36. The van der Waals surface area contributed by atoms with Gasteiger partial charge in [-0.2, -0.15) is 0 Å². The molecule has 5 nitrogen and oxygen atoms in total. The first-order chi connectivity index (χ1) is 10.3. The van der Waals surface area contributed by atoms with Crippen LogP contribution in [0.2, 0.25) is 0 Å². The summed E-state index contributed by atoms with van der Waals surface area (Å²) in [6.07, 6.45) is 1.15. The smallest absolute Gasteiger partial charge is 0.127 e. The maximum atomic E-state index is 5.40. The molecule has 1 aliphatic rings. The van der Waals surface area contributed by atoms with Crippen LogP contribution in [0.15, 0.2) is 18.2 Å². The molecule has 23 heavy (non-hydrogen) atoms. The Morgan fingerprint density at radius 3 is 2.52 bits per heavy atom. The summed E-state index contributed by atoms with van der Waals surface area (Å²) >= 11 is 0.